The van der Waals surface area contributed by atoms with Crippen LogP contribution >= 0.6 is 11.8 Å². The van der Waals surface area contributed by atoms with Gasteiger partial charge in [0, 0.05) is 7.05 Å². The van der Waals surface area contributed by atoms with Crippen molar-refractivity contribution >= 4 is 17.7 Å². The molecule has 0 saturated carbocycles. The van der Waals surface area contributed by atoms with Crippen LogP contribution in [-0.4, -0.2) is 53.2 Å². The highest BCUT2D eigenvalue weighted by molar-refractivity contribution is 7.98. The summed E-state index contributed by atoms with van der Waals surface area (Å²) in [7, 11) is 1.68. The van der Waals surface area contributed by atoms with Crippen LogP contribution in [-0.2, 0) is 4.79 Å². The lowest BCUT2D eigenvalue weighted by Gasteiger charge is -2.35. The number of hydrogen-bond donors (Lipinski definition) is 2. The van der Waals surface area contributed by atoms with Gasteiger partial charge in [0.15, 0.2) is 0 Å². The minimum atomic E-state index is -0.548. The van der Waals surface area contributed by atoms with Gasteiger partial charge in [0.1, 0.15) is 0 Å². The Kier molecular flexibility index (Phi) is 6.24. The number of nitrogens with zero attached hydrogens (tertiary/aromatic N) is 1. The molecule has 0 rings (SSSR count). The highest BCUT2D eigenvalue weighted by Gasteiger charge is 2.29. The fourth-order valence-corrected chi connectivity index (χ4v) is 1.51. The van der Waals surface area contributed by atoms with Crippen molar-refractivity contribution in [3.8, 4) is 0 Å². The molecule has 1 atom stereocenters. The number of carbonyl (C=O) groups excluding carboxylic acids is 1. The lowest BCUT2D eigenvalue weighted by Crippen LogP contribution is -2.53. The van der Waals surface area contributed by atoms with Crippen LogP contribution in [0.1, 0.15) is 20.3 Å². The number of nitrogens with two attached hydrogens (primary N) is 1. The summed E-state index contributed by atoms with van der Waals surface area (Å²) in [6.45, 7) is 3.56. The van der Waals surface area contributed by atoms with E-state index < -0.39 is 11.6 Å². The number of hydrogen-bond acceptors (Lipinski definition) is 4. The Labute approximate surface area is 96.2 Å². The molecular weight excluding hydrogens is 212 g/mol. The third-order valence-electron chi connectivity index (χ3n) is 2.58. The molecule has 0 bridgehead atoms. The molecule has 0 radical (unpaired) electrons. The van der Waals surface area contributed by atoms with E-state index >= 15 is 0 Å². The third kappa shape index (κ3) is 4.40. The molecule has 3 N–H and O–H groups in total. The molecule has 0 unspecified atom stereocenters. The quantitative estimate of drug-likeness (QED) is 0.693. The van der Waals surface area contributed by atoms with E-state index in [-0.39, 0.29) is 12.5 Å². The highest BCUT2D eigenvalue weighted by Crippen LogP contribution is 2.13. The Bertz CT molecular complexity index is 210. The van der Waals surface area contributed by atoms with E-state index in [1.165, 1.54) is 4.90 Å². The van der Waals surface area contributed by atoms with Gasteiger partial charge in [-0.05, 0) is 32.3 Å². The van der Waals surface area contributed by atoms with E-state index in [2.05, 4.69) is 0 Å². The number of thioether (sulfide) groups is 1. The largest absolute Gasteiger partial charge is 0.394 e. The Hall–Kier alpha value is -0.260. The lowest BCUT2D eigenvalue weighted by molar-refractivity contribution is -0.137. The van der Waals surface area contributed by atoms with E-state index in [0.29, 0.717) is 6.42 Å². The van der Waals surface area contributed by atoms with Crippen molar-refractivity contribution in [2.24, 2.45) is 5.73 Å². The predicted molar refractivity (Wildman–Crippen MR) is 64.9 cm³/mol. The zero-order chi connectivity index (χ0) is 12.1. The van der Waals surface area contributed by atoms with Gasteiger partial charge >= 0.3 is 0 Å². The molecule has 5 heteroatoms. The Morgan fingerprint density at radius 3 is 2.53 bits per heavy atom. The molecular formula is C10H22N2O2S. The second-order valence-electron chi connectivity index (χ2n) is 4.26. The van der Waals surface area contributed by atoms with Crippen molar-refractivity contribution in [3.05, 3.63) is 0 Å². The Balaban J connectivity index is 4.31. The number of aliphatic hydroxyl groups excluding tert-OH is 1. The summed E-state index contributed by atoms with van der Waals surface area (Å²) in [4.78, 5) is 13.4. The van der Waals surface area contributed by atoms with Gasteiger partial charge in [0.05, 0.1) is 18.2 Å². The number of aliphatic hydroxyl groups is 1. The van der Waals surface area contributed by atoms with E-state index in [4.69, 9.17) is 10.8 Å². The molecule has 0 saturated heterocycles. The Morgan fingerprint density at radius 2 is 2.13 bits per heavy atom. The lowest BCUT2D eigenvalue weighted by atomic mass is 10.0. The molecule has 0 aromatic carbocycles. The predicted octanol–water partition coefficient (Wildman–Crippen LogP) is 0.296. The van der Waals surface area contributed by atoms with Crippen molar-refractivity contribution in [2.75, 3.05) is 25.7 Å². The molecule has 0 aromatic heterocycles. The van der Waals surface area contributed by atoms with E-state index in [1.807, 2.05) is 20.1 Å². The van der Waals surface area contributed by atoms with E-state index in [9.17, 15) is 4.79 Å². The van der Waals surface area contributed by atoms with Gasteiger partial charge in [-0.3, -0.25) is 4.79 Å². The zero-order valence-electron chi connectivity index (χ0n) is 9.99. The molecule has 0 aromatic rings. The second-order valence-corrected chi connectivity index (χ2v) is 5.24. The summed E-state index contributed by atoms with van der Waals surface area (Å²) in [5, 5.41) is 9.13. The maximum absolute atomic E-state index is 11.8. The minimum Gasteiger partial charge on any atom is -0.394 e. The number of rotatable bonds is 6. The molecule has 4 nitrogen and oxygen atoms in total. The van der Waals surface area contributed by atoms with Gasteiger partial charge in [0.25, 0.3) is 0 Å². The summed E-state index contributed by atoms with van der Waals surface area (Å²) >= 11 is 1.67. The Morgan fingerprint density at radius 1 is 1.60 bits per heavy atom. The van der Waals surface area contributed by atoms with Crippen molar-refractivity contribution in [1.82, 2.24) is 4.90 Å². The van der Waals surface area contributed by atoms with Crippen LogP contribution in [0.15, 0.2) is 0 Å². The van der Waals surface area contributed by atoms with Gasteiger partial charge < -0.3 is 15.7 Å². The molecule has 0 spiro atoms. The van der Waals surface area contributed by atoms with E-state index in [1.54, 1.807) is 18.8 Å². The van der Waals surface area contributed by atoms with Crippen LogP contribution in [0.3, 0.4) is 0 Å². The zero-order valence-corrected chi connectivity index (χ0v) is 10.8. The van der Waals surface area contributed by atoms with Crippen molar-refractivity contribution in [2.45, 2.75) is 31.8 Å². The first-order chi connectivity index (χ1) is 6.86. The summed E-state index contributed by atoms with van der Waals surface area (Å²) in [6.07, 6.45) is 2.66. The number of likely N-dealkylation sites (N-methyl/N-ethyl adjacent to an activating group) is 1. The maximum atomic E-state index is 11.8. The average Bonchev–Trinajstić information content (AvgIpc) is 2.23. The van der Waals surface area contributed by atoms with Crippen molar-refractivity contribution < 1.29 is 9.90 Å². The first-order valence-corrected chi connectivity index (χ1v) is 6.39. The fraction of sp³-hybridized carbons (Fsp3) is 0.900. The SMILES string of the molecule is CSCC[C@@H](N)C(=O)N(C)C(C)(C)CO. The van der Waals surface area contributed by atoms with Gasteiger partial charge in [-0.25, -0.2) is 0 Å². The first-order valence-electron chi connectivity index (χ1n) is 5.00. The normalized spacial score (nSPS) is 13.7. The summed E-state index contributed by atoms with van der Waals surface area (Å²) in [5.41, 5.74) is 5.22. The van der Waals surface area contributed by atoms with Crippen LogP contribution < -0.4 is 5.73 Å². The first kappa shape index (κ1) is 14.7. The number of amides is 1. The maximum Gasteiger partial charge on any atom is 0.239 e. The molecule has 0 fully saturated rings. The molecule has 0 aliphatic heterocycles. The van der Waals surface area contributed by atoms with Crippen LogP contribution in [0.4, 0.5) is 0 Å². The van der Waals surface area contributed by atoms with Gasteiger partial charge in [0.2, 0.25) is 5.91 Å². The fourth-order valence-electron chi connectivity index (χ4n) is 1.02. The molecule has 0 aliphatic rings. The number of carbonyl (C=O) groups is 1. The summed E-state index contributed by atoms with van der Waals surface area (Å²) in [6, 6.07) is -0.465. The van der Waals surface area contributed by atoms with Crippen LogP contribution in [0.5, 0.6) is 0 Å². The van der Waals surface area contributed by atoms with Crippen LogP contribution in [0, 0.1) is 0 Å². The van der Waals surface area contributed by atoms with Gasteiger partial charge in [-0.1, -0.05) is 0 Å². The van der Waals surface area contributed by atoms with Gasteiger partial charge in [-0.15, -0.1) is 0 Å². The van der Waals surface area contributed by atoms with E-state index in [0.717, 1.165) is 5.75 Å². The molecule has 1 amide bonds. The van der Waals surface area contributed by atoms with Crippen LogP contribution in [0.2, 0.25) is 0 Å². The standard InChI is InChI=1S/C10H22N2O2S/c1-10(2,7-13)12(3)9(14)8(11)5-6-15-4/h8,13H,5-7,11H2,1-4H3/t8-/m1/s1. The molecule has 90 valence electrons. The van der Waals surface area contributed by atoms with Crippen molar-refractivity contribution in [3.63, 3.8) is 0 Å². The minimum absolute atomic E-state index is 0.0650. The highest BCUT2D eigenvalue weighted by atomic mass is 32.2. The average molecular weight is 234 g/mol. The molecule has 0 aliphatic carbocycles. The van der Waals surface area contributed by atoms with Crippen LogP contribution in [0.25, 0.3) is 0 Å². The second kappa shape index (κ2) is 6.35. The smallest absolute Gasteiger partial charge is 0.239 e. The third-order valence-corrected chi connectivity index (χ3v) is 3.22. The summed E-state index contributed by atoms with van der Waals surface area (Å²) < 4.78 is 0. The molecule has 0 heterocycles. The monoisotopic (exact) mass is 234 g/mol. The van der Waals surface area contributed by atoms with Gasteiger partial charge in [-0.2, -0.15) is 11.8 Å². The molecule has 15 heavy (non-hydrogen) atoms. The topological polar surface area (TPSA) is 66.6 Å². The summed E-state index contributed by atoms with van der Waals surface area (Å²) in [5.74, 6) is 0.767. The van der Waals surface area contributed by atoms with Crippen molar-refractivity contribution in [1.29, 1.82) is 0 Å².